The number of carbonyl (C=O) groups is 2. The van der Waals surface area contributed by atoms with Crippen molar-refractivity contribution < 1.29 is 14.3 Å². The molecule has 0 fully saturated rings. The fraction of sp³-hybridized carbons (Fsp3) is 0.310. The average molecular weight is 572 g/mol. The van der Waals surface area contributed by atoms with Crippen LogP contribution in [0.25, 0.3) is 0 Å². The molecule has 7 heteroatoms. The lowest BCUT2D eigenvalue weighted by atomic mass is 10.0. The summed E-state index contributed by atoms with van der Waals surface area (Å²) in [5, 5.41) is 3.67. The molecule has 3 rings (SSSR count). The Hall–Kier alpha value is -2.83. The van der Waals surface area contributed by atoms with Crippen molar-refractivity contribution in [1.29, 1.82) is 0 Å². The van der Waals surface area contributed by atoms with E-state index in [2.05, 4.69) is 21.2 Å². The van der Waals surface area contributed by atoms with Gasteiger partial charge in [0.2, 0.25) is 5.91 Å². The van der Waals surface area contributed by atoms with Gasteiger partial charge in [-0.15, -0.1) is 0 Å². The van der Waals surface area contributed by atoms with Gasteiger partial charge in [-0.2, -0.15) is 0 Å². The highest BCUT2D eigenvalue weighted by atomic mass is 79.9. The molecule has 0 bridgehead atoms. The van der Waals surface area contributed by atoms with Gasteiger partial charge in [-0.05, 0) is 74.7 Å². The smallest absolute Gasteiger partial charge is 0.261 e. The first-order valence-electron chi connectivity index (χ1n) is 11.8. The van der Waals surface area contributed by atoms with Crippen molar-refractivity contribution in [1.82, 2.24) is 10.2 Å². The van der Waals surface area contributed by atoms with Gasteiger partial charge in [-0.1, -0.05) is 70.0 Å². The summed E-state index contributed by atoms with van der Waals surface area (Å²) in [4.78, 5) is 28.8. The lowest BCUT2D eigenvalue weighted by Crippen LogP contribution is -2.55. The first kappa shape index (κ1) is 27.8. The van der Waals surface area contributed by atoms with Gasteiger partial charge >= 0.3 is 0 Å². The standard InChI is InChI=1S/C29H32BrClN2O3/c1-20-16-24(14-15-25(20)30)36-19-27(34)33(18-22-10-12-23(31)13-11-22)26(28(35)32-29(2,3)4)17-21-8-6-5-7-9-21/h5-16,26H,17-19H2,1-4H3,(H,32,35)/t26-/m1/s1. The van der Waals surface area contributed by atoms with Crippen molar-refractivity contribution in [2.45, 2.75) is 52.2 Å². The predicted octanol–water partition coefficient (Wildman–Crippen LogP) is 6.34. The summed E-state index contributed by atoms with van der Waals surface area (Å²) in [6.07, 6.45) is 0.374. The van der Waals surface area contributed by atoms with Gasteiger partial charge in [-0.3, -0.25) is 9.59 Å². The van der Waals surface area contributed by atoms with E-state index >= 15 is 0 Å². The molecule has 0 aliphatic carbocycles. The van der Waals surface area contributed by atoms with Gasteiger partial charge < -0.3 is 15.0 Å². The van der Waals surface area contributed by atoms with E-state index in [-0.39, 0.29) is 25.0 Å². The number of aryl methyl sites for hydroxylation is 1. The van der Waals surface area contributed by atoms with E-state index in [1.54, 1.807) is 17.0 Å². The van der Waals surface area contributed by atoms with Gasteiger partial charge in [-0.25, -0.2) is 0 Å². The Labute approximate surface area is 226 Å². The summed E-state index contributed by atoms with van der Waals surface area (Å²) in [5.74, 6) is 0.0953. The minimum Gasteiger partial charge on any atom is -0.484 e. The van der Waals surface area contributed by atoms with Crippen LogP contribution in [0, 0.1) is 6.92 Å². The van der Waals surface area contributed by atoms with E-state index < -0.39 is 11.6 Å². The Morgan fingerprint density at radius 2 is 1.67 bits per heavy atom. The monoisotopic (exact) mass is 570 g/mol. The molecule has 0 saturated heterocycles. The van der Waals surface area contributed by atoms with E-state index in [4.69, 9.17) is 16.3 Å². The van der Waals surface area contributed by atoms with Crippen LogP contribution in [0.1, 0.15) is 37.5 Å². The second kappa shape index (κ2) is 12.4. The van der Waals surface area contributed by atoms with Crippen LogP contribution < -0.4 is 10.1 Å². The maximum absolute atomic E-state index is 13.6. The Morgan fingerprint density at radius 3 is 2.28 bits per heavy atom. The van der Waals surface area contributed by atoms with Crippen molar-refractivity contribution in [2.75, 3.05) is 6.61 Å². The second-order valence-electron chi connectivity index (χ2n) is 9.79. The van der Waals surface area contributed by atoms with E-state index in [1.807, 2.05) is 88.4 Å². The number of nitrogens with one attached hydrogen (secondary N) is 1. The number of hydrogen-bond acceptors (Lipinski definition) is 3. The molecule has 36 heavy (non-hydrogen) atoms. The third-order valence-corrected chi connectivity index (χ3v) is 6.67. The maximum atomic E-state index is 13.6. The molecule has 0 saturated carbocycles. The zero-order valence-corrected chi connectivity index (χ0v) is 23.4. The molecular weight excluding hydrogens is 540 g/mol. The Bertz CT molecular complexity index is 1180. The van der Waals surface area contributed by atoms with Crippen molar-refractivity contribution in [3.8, 4) is 5.75 Å². The lowest BCUT2D eigenvalue weighted by Gasteiger charge is -2.33. The molecule has 1 atom stereocenters. The highest BCUT2D eigenvalue weighted by Gasteiger charge is 2.32. The van der Waals surface area contributed by atoms with Gasteiger partial charge in [0.1, 0.15) is 11.8 Å². The lowest BCUT2D eigenvalue weighted by molar-refractivity contribution is -0.143. The number of carbonyl (C=O) groups excluding carboxylic acids is 2. The average Bonchev–Trinajstić information content (AvgIpc) is 2.82. The molecule has 3 aromatic carbocycles. The Morgan fingerprint density at radius 1 is 1.00 bits per heavy atom. The van der Waals surface area contributed by atoms with Gasteiger partial charge in [0.15, 0.2) is 6.61 Å². The summed E-state index contributed by atoms with van der Waals surface area (Å²) in [5.41, 5.74) is 2.38. The highest BCUT2D eigenvalue weighted by Crippen LogP contribution is 2.22. The Kier molecular flexibility index (Phi) is 9.57. The molecule has 0 aromatic heterocycles. The fourth-order valence-corrected chi connectivity index (χ4v) is 4.10. The molecule has 0 aliphatic heterocycles. The van der Waals surface area contributed by atoms with E-state index in [0.29, 0.717) is 17.2 Å². The van der Waals surface area contributed by atoms with Crippen LogP contribution in [-0.2, 0) is 22.6 Å². The molecule has 2 amide bonds. The van der Waals surface area contributed by atoms with Crippen LogP contribution in [0.2, 0.25) is 5.02 Å². The van der Waals surface area contributed by atoms with E-state index in [1.165, 1.54) is 0 Å². The third kappa shape index (κ3) is 8.38. The molecule has 5 nitrogen and oxygen atoms in total. The van der Waals surface area contributed by atoms with E-state index in [9.17, 15) is 9.59 Å². The number of hydrogen-bond donors (Lipinski definition) is 1. The summed E-state index contributed by atoms with van der Waals surface area (Å²) < 4.78 is 6.82. The van der Waals surface area contributed by atoms with Crippen LogP contribution in [0.3, 0.4) is 0 Å². The SMILES string of the molecule is Cc1cc(OCC(=O)N(Cc2ccc(Cl)cc2)[C@H](Cc2ccccc2)C(=O)NC(C)(C)C)ccc1Br. The predicted molar refractivity (Wildman–Crippen MR) is 148 cm³/mol. The van der Waals surface area contributed by atoms with Crippen LogP contribution in [-0.4, -0.2) is 34.9 Å². The van der Waals surface area contributed by atoms with Crippen molar-refractivity contribution in [2.24, 2.45) is 0 Å². The van der Waals surface area contributed by atoms with E-state index in [0.717, 1.165) is 21.2 Å². The summed E-state index contributed by atoms with van der Waals surface area (Å²) >= 11 is 9.56. The first-order chi connectivity index (χ1) is 17.0. The molecule has 190 valence electrons. The topological polar surface area (TPSA) is 58.6 Å². The van der Waals surface area contributed by atoms with Crippen LogP contribution >= 0.6 is 27.5 Å². The van der Waals surface area contributed by atoms with Gasteiger partial charge in [0.05, 0.1) is 0 Å². The van der Waals surface area contributed by atoms with Crippen molar-refractivity contribution >= 4 is 39.3 Å². The van der Waals surface area contributed by atoms with Crippen molar-refractivity contribution in [3.63, 3.8) is 0 Å². The normalized spacial score (nSPS) is 12.1. The zero-order chi connectivity index (χ0) is 26.3. The number of halogens is 2. The number of benzene rings is 3. The number of nitrogens with zero attached hydrogens (tertiary/aromatic N) is 1. The molecule has 0 heterocycles. The maximum Gasteiger partial charge on any atom is 0.261 e. The summed E-state index contributed by atoms with van der Waals surface area (Å²) in [7, 11) is 0. The van der Waals surface area contributed by atoms with Crippen LogP contribution in [0.5, 0.6) is 5.75 Å². The number of ether oxygens (including phenoxy) is 1. The quantitative estimate of drug-likeness (QED) is 0.326. The highest BCUT2D eigenvalue weighted by molar-refractivity contribution is 9.10. The molecule has 1 N–H and O–H groups in total. The zero-order valence-electron chi connectivity index (χ0n) is 21.1. The second-order valence-corrected chi connectivity index (χ2v) is 11.1. The van der Waals surface area contributed by atoms with Gasteiger partial charge in [0.25, 0.3) is 5.91 Å². The summed E-state index contributed by atoms with van der Waals surface area (Å²) in [6, 6.07) is 21.8. The first-order valence-corrected chi connectivity index (χ1v) is 13.0. The molecular formula is C29H32BrClN2O3. The van der Waals surface area contributed by atoms with Crippen molar-refractivity contribution in [3.05, 3.63) is 99.0 Å². The minimum atomic E-state index is -0.731. The Balaban J connectivity index is 1.92. The fourth-order valence-electron chi connectivity index (χ4n) is 3.73. The van der Waals surface area contributed by atoms with Crippen LogP contribution in [0.15, 0.2) is 77.3 Å². The third-order valence-electron chi connectivity index (χ3n) is 5.53. The molecule has 3 aromatic rings. The number of rotatable bonds is 9. The largest absolute Gasteiger partial charge is 0.484 e. The molecule has 0 unspecified atom stereocenters. The summed E-state index contributed by atoms with van der Waals surface area (Å²) in [6.45, 7) is 7.79. The molecule has 0 spiro atoms. The molecule has 0 radical (unpaired) electrons. The van der Waals surface area contributed by atoms with Gasteiger partial charge in [0, 0.05) is 28.0 Å². The van der Waals surface area contributed by atoms with Crippen LogP contribution in [0.4, 0.5) is 0 Å². The molecule has 0 aliphatic rings. The number of amides is 2. The minimum absolute atomic E-state index is 0.192.